The van der Waals surface area contributed by atoms with Crippen molar-refractivity contribution in [1.29, 1.82) is 0 Å². The second kappa shape index (κ2) is 7.94. The number of halogens is 2. The van der Waals surface area contributed by atoms with Crippen molar-refractivity contribution < 1.29 is 19.0 Å². The van der Waals surface area contributed by atoms with E-state index in [1.54, 1.807) is 0 Å². The van der Waals surface area contributed by atoms with Gasteiger partial charge in [0.25, 0.3) is 0 Å². The topological polar surface area (TPSA) is 40.5 Å². The fourth-order valence-corrected chi connectivity index (χ4v) is 4.47. The van der Waals surface area contributed by atoms with E-state index in [2.05, 4.69) is 12.2 Å². The van der Waals surface area contributed by atoms with E-state index in [0.29, 0.717) is 36.8 Å². The first-order valence-corrected chi connectivity index (χ1v) is 10.1. The molecule has 0 bridgehead atoms. The molecule has 0 spiro atoms. The third-order valence-corrected chi connectivity index (χ3v) is 6.10. The summed E-state index contributed by atoms with van der Waals surface area (Å²) in [5.74, 6) is -0.595. The number of hydrogen-bond donors (Lipinski definition) is 2. The Morgan fingerprint density at radius 2 is 1.10 bits per heavy atom. The van der Waals surface area contributed by atoms with E-state index in [1.807, 2.05) is 13.8 Å². The number of allylic oxidation sites excluding steroid dienone is 8. The van der Waals surface area contributed by atoms with E-state index in [4.69, 9.17) is 0 Å². The first kappa shape index (κ1) is 20.1. The Labute approximate surface area is 175 Å². The second-order valence-corrected chi connectivity index (χ2v) is 7.92. The fourth-order valence-electron chi connectivity index (χ4n) is 4.47. The van der Waals surface area contributed by atoms with Gasteiger partial charge in [0.1, 0.15) is 23.1 Å². The molecule has 0 amide bonds. The van der Waals surface area contributed by atoms with Gasteiger partial charge in [-0.2, -0.15) is 0 Å². The summed E-state index contributed by atoms with van der Waals surface area (Å²) < 4.78 is 27.6. The molecule has 0 saturated heterocycles. The van der Waals surface area contributed by atoms with Crippen LogP contribution in [-0.4, -0.2) is 10.2 Å². The van der Waals surface area contributed by atoms with Crippen molar-refractivity contribution in [2.45, 2.75) is 39.5 Å². The Morgan fingerprint density at radius 3 is 1.50 bits per heavy atom. The zero-order chi connectivity index (χ0) is 21.4. The zero-order valence-electron chi connectivity index (χ0n) is 17.1. The van der Waals surface area contributed by atoms with Crippen LogP contribution in [0.1, 0.15) is 50.7 Å². The summed E-state index contributed by atoms with van der Waals surface area (Å²) in [6, 6.07) is 8.05. The quantitative estimate of drug-likeness (QED) is 0.558. The Kier molecular flexibility index (Phi) is 5.33. The molecule has 0 radical (unpaired) electrons. The summed E-state index contributed by atoms with van der Waals surface area (Å²) in [5, 5.41) is 20.5. The maximum atomic E-state index is 13.8. The van der Waals surface area contributed by atoms with Crippen molar-refractivity contribution in [2.24, 2.45) is 0 Å². The summed E-state index contributed by atoms with van der Waals surface area (Å²) >= 11 is 0. The summed E-state index contributed by atoms with van der Waals surface area (Å²) in [6.07, 6.45) is 6.94. The van der Waals surface area contributed by atoms with Crippen LogP contribution < -0.4 is 0 Å². The monoisotopic (exact) mass is 406 g/mol. The molecule has 0 aliphatic heterocycles. The number of hydrogen-bond acceptors (Lipinski definition) is 2. The van der Waals surface area contributed by atoms with Crippen molar-refractivity contribution >= 4 is 11.1 Å². The molecule has 2 aromatic rings. The van der Waals surface area contributed by atoms with Gasteiger partial charge in [0.05, 0.1) is 0 Å². The molecular weight excluding hydrogens is 382 g/mol. The average molecular weight is 406 g/mol. The number of phenolic OH excluding ortho intramolecular Hbond substituents is 2. The van der Waals surface area contributed by atoms with E-state index in [9.17, 15) is 19.0 Å². The van der Waals surface area contributed by atoms with Crippen molar-refractivity contribution in [2.75, 3.05) is 0 Å². The second-order valence-electron chi connectivity index (χ2n) is 7.92. The van der Waals surface area contributed by atoms with E-state index in [-0.39, 0.29) is 23.1 Å². The number of aromatic hydroxyl groups is 2. The average Bonchev–Trinajstić information content (AvgIpc) is 3.26. The molecule has 0 heterocycles. The number of phenols is 2. The minimum atomic E-state index is -0.375. The van der Waals surface area contributed by atoms with E-state index in [1.165, 1.54) is 36.4 Å². The zero-order valence-corrected chi connectivity index (χ0v) is 17.1. The molecule has 0 aromatic heterocycles. The van der Waals surface area contributed by atoms with Crippen LogP contribution >= 0.6 is 0 Å². The molecule has 4 rings (SSSR count). The van der Waals surface area contributed by atoms with Gasteiger partial charge in [-0.1, -0.05) is 23.3 Å². The Bertz CT molecular complexity index is 1060. The van der Waals surface area contributed by atoms with Crippen molar-refractivity contribution in [1.82, 2.24) is 0 Å². The van der Waals surface area contributed by atoms with Gasteiger partial charge in [-0.15, -0.1) is 0 Å². The molecular formula is C26H24F2O2. The molecule has 2 aliphatic carbocycles. The minimum Gasteiger partial charge on any atom is -0.507 e. The summed E-state index contributed by atoms with van der Waals surface area (Å²) in [6.45, 7) is 4.06. The largest absolute Gasteiger partial charge is 0.507 e. The molecule has 2 N–H and O–H groups in total. The van der Waals surface area contributed by atoms with Crippen LogP contribution in [0.15, 0.2) is 70.8 Å². The van der Waals surface area contributed by atoms with E-state index < -0.39 is 0 Å². The highest BCUT2D eigenvalue weighted by atomic mass is 19.1. The summed E-state index contributed by atoms with van der Waals surface area (Å²) in [4.78, 5) is 0. The molecule has 0 atom stereocenters. The smallest absolute Gasteiger partial charge is 0.124 e. The molecule has 4 heteroatoms. The Hall–Kier alpha value is -3.14. The van der Waals surface area contributed by atoms with Crippen LogP contribution in [0.2, 0.25) is 0 Å². The highest BCUT2D eigenvalue weighted by molar-refractivity contribution is 5.81. The van der Waals surface area contributed by atoms with Gasteiger partial charge >= 0.3 is 0 Å². The third kappa shape index (κ3) is 3.70. The molecule has 154 valence electrons. The molecule has 2 aromatic carbocycles. The highest BCUT2D eigenvalue weighted by Crippen LogP contribution is 2.43. The molecule has 2 nitrogen and oxygen atoms in total. The van der Waals surface area contributed by atoms with Gasteiger partial charge in [0.2, 0.25) is 0 Å². The molecule has 0 unspecified atom stereocenters. The van der Waals surface area contributed by atoms with Gasteiger partial charge in [-0.25, -0.2) is 8.78 Å². The summed E-state index contributed by atoms with van der Waals surface area (Å²) in [5.41, 5.74) is 7.42. The lowest BCUT2D eigenvalue weighted by atomic mass is 9.90. The van der Waals surface area contributed by atoms with Crippen molar-refractivity contribution in [3.05, 3.63) is 93.6 Å². The molecule has 0 fully saturated rings. The van der Waals surface area contributed by atoms with Crippen molar-refractivity contribution in [3.8, 4) is 11.5 Å². The van der Waals surface area contributed by atoms with Crippen LogP contribution in [0.3, 0.4) is 0 Å². The third-order valence-electron chi connectivity index (χ3n) is 6.10. The number of rotatable bonds is 5. The van der Waals surface area contributed by atoms with Crippen LogP contribution in [0, 0.1) is 11.6 Å². The predicted octanol–water partition coefficient (Wildman–Crippen LogP) is 7.06. The van der Waals surface area contributed by atoms with Gasteiger partial charge in [0.15, 0.2) is 0 Å². The Morgan fingerprint density at radius 1 is 0.700 bits per heavy atom. The van der Waals surface area contributed by atoms with Crippen molar-refractivity contribution in [3.63, 3.8) is 0 Å². The lowest BCUT2D eigenvalue weighted by Crippen LogP contribution is -1.95. The van der Waals surface area contributed by atoms with Crippen LogP contribution in [0.5, 0.6) is 11.5 Å². The van der Waals surface area contributed by atoms with Crippen LogP contribution in [-0.2, 0) is 0 Å². The normalized spacial score (nSPS) is 16.4. The van der Waals surface area contributed by atoms with Gasteiger partial charge < -0.3 is 10.2 Å². The van der Waals surface area contributed by atoms with E-state index in [0.717, 1.165) is 33.4 Å². The predicted molar refractivity (Wildman–Crippen MR) is 116 cm³/mol. The Balaban J connectivity index is 1.69. The molecule has 2 aliphatic rings. The number of benzene rings is 2. The maximum absolute atomic E-state index is 13.8. The lowest BCUT2D eigenvalue weighted by molar-refractivity contribution is 0.470. The summed E-state index contributed by atoms with van der Waals surface area (Å²) in [7, 11) is 0. The first-order chi connectivity index (χ1) is 14.3. The highest BCUT2D eigenvalue weighted by Gasteiger charge is 2.23. The van der Waals surface area contributed by atoms with Crippen LogP contribution in [0.25, 0.3) is 11.1 Å². The standard InChI is InChI=1S/C26H24F2O2/c1-15-3-7-21(23-13-17(27)5-11-25(23)29)19(15)9-10-20-16(2)4-8-22(20)24-14-18(28)6-12-26(24)30/h3-6,11-14,29-30H,7-10H2,1-2H3. The maximum Gasteiger partial charge on any atom is 0.124 e. The fraction of sp³-hybridized carbons (Fsp3) is 0.231. The van der Waals surface area contributed by atoms with E-state index >= 15 is 0 Å². The SMILES string of the molecule is CC1=CCC(c2cc(F)ccc2O)=C1CCC1=C(c2cc(F)ccc2O)CC=C1C. The lowest BCUT2D eigenvalue weighted by Gasteiger charge is -2.15. The van der Waals surface area contributed by atoms with Crippen LogP contribution in [0.4, 0.5) is 8.78 Å². The molecule has 0 saturated carbocycles. The van der Waals surface area contributed by atoms with Gasteiger partial charge in [-0.05, 0) is 98.2 Å². The van der Waals surface area contributed by atoms with Gasteiger partial charge in [0, 0.05) is 11.1 Å². The minimum absolute atomic E-state index is 0.0773. The molecule has 30 heavy (non-hydrogen) atoms. The first-order valence-electron chi connectivity index (χ1n) is 10.1. The van der Waals surface area contributed by atoms with Gasteiger partial charge in [-0.3, -0.25) is 0 Å².